The van der Waals surface area contributed by atoms with E-state index < -0.39 is 12.2 Å². The smallest absolute Gasteiger partial charge is 0.407 e. The van der Waals surface area contributed by atoms with Crippen molar-refractivity contribution in [3.8, 4) is 0 Å². The largest absolute Gasteiger partial charge is 0.462 e. The summed E-state index contributed by atoms with van der Waals surface area (Å²) in [6.45, 7) is 5.64. The first-order chi connectivity index (χ1) is 20.5. The fourth-order valence-electron chi connectivity index (χ4n) is 4.47. The molecule has 0 aromatic carbocycles. The summed E-state index contributed by atoms with van der Waals surface area (Å²) in [5, 5.41) is 2.59. The van der Waals surface area contributed by atoms with Gasteiger partial charge in [0.05, 0.1) is 19.8 Å². The number of carbonyl (C=O) groups excluding carboxylic acids is 3. The molecule has 0 aliphatic heterocycles. The first-order valence-corrected chi connectivity index (χ1v) is 16.9. The van der Waals surface area contributed by atoms with Gasteiger partial charge in [-0.05, 0) is 12.8 Å². The molecule has 0 spiro atoms. The molecule has 0 saturated heterocycles. The first-order valence-electron chi connectivity index (χ1n) is 16.9. The van der Waals surface area contributed by atoms with Crippen LogP contribution in [0.4, 0.5) is 4.79 Å². The number of methoxy groups -OCH3 is 1. The van der Waals surface area contributed by atoms with Crippen molar-refractivity contribution in [3.63, 3.8) is 0 Å². The van der Waals surface area contributed by atoms with Crippen molar-refractivity contribution in [1.82, 2.24) is 5.32 Å². The van der Waals surface area contributed by atoms with Crippen molar-refractivity contribution in [1.29, 1.82) is 0 Å². The number of nitrogens with one attached hydrogen (secondary N) is 1. The van der Waals surface area contributed by atoms with E-state index in [1.54, 1.807) is 7.11 Å². The lowest BCUT2D eigenvalue weighted by Crippen LogP contribution is -2.34. The third-order valence-corrected chi connectivity index (χ3v) is 7.05. The Morgan fingerprint density at radius 2 is 1.05 bits per heavy atom. The van der Waals surface area contributed by atoms with Gasteiger partial charge in [-0.1, -0.05) is 117 Å². The number of rotatable bonds is 31. The van der Waals surface area contributed by atoms with Crippen molar-refractivity contribution in [2.24, 2.45) is 0 Å². The van der Waals surface area contributed by atoms with Gasteiger partial charge < -0.3 is 29.0 Å². The summed E-state index contributed by atoms with van der Waals surface area (Å²) in [5.41, 5.74) is 0. The van der Waals surface area contributed by atoms with Crippen molar-refractivity contribution < 1.29 is 38.1 Å². The molecule has 0 fully saturated rings. The minimum absolute atomic E-state index is 0.132. The van der Waals surface area contributed by atoms with Crippen LogP contribution in [0.1, 0.15) is 142 Å². The second kappa shape index (κ2) is 32.1. The van der Waals surface area contributed by atoms with Gasteiger partial charge in [-0.15, -0.1) is 0 Å². The van der Waals surface area contributed by atoms with Gasteiger partial charge in [-0.3, -0.25) is 9.59 Å². The van der Waals surface area contributed by atoms with Crippen LogP contribution >= 0.6 is 0 Å². The van der Waals surface area contributed by atoms with Gasteiger partial charge in [-0.2, -0.15) is 0 Å². The van der Waals surface area contributed by atoms with Crippen LogP contribution in [-0.2, 0) is 33.3 Å². The van der Waals surface area contributed by atoms with Crippen molar-refractivity contribution in [3.05, 3.63) is 0 Å². The number of hydrogen-bond acceptors (Lipinski definition) is 8. The Morgan fingerprint density at radius 3 is 1.57 bits per heavy atom. The van der Waals surface area contributed by atoms with Crippen LogP contribution in [0.5, 0.6) is 0 Å². The zero-order valence-corrected chi connectivity index (χ0v) is 27.2. The second-order valence-electron chi connectivity index (χ2n) is 11.1. The average molecular weight is 602 g/mol. The topological polar surface area (TPSA) is 109 Å². The van der Waals surface area contributed by atoms with E-state index in [1.165, 1.54) is 77.0 Å². The van der Waals surface area contributed by atoms with Gasteiger partial charge in [0.1, 0.15) is 13.2 Å². The lowest BCUT2D eigenvalue weighted by atomic mass is 10.1. The third-order valence-electron chi connectivity index (χ3n) is 7.05. The molecule has 1 amide bonds. The molecule has 0 aliphatic rings. The van der Waals surface area contributed by atoms with E-state index in [0.717, 1.165) is 38.5 Å². The molecule has 1 atom stereocenters. The fourth-order valence-corrected chi connectivity index (χ4v) is 4.47. The van der Waals surface area contributed by atoms with Gasteiger partial charge in [0.2, 0.25) is 0 Å². The number of amides is 1. The molecule has 42 heavy (non-hydrogen) atoms. The standard InChI is InChI=1S/C33H63NO8/c1-4-6-8-10-12-14-16-18-20-22-31(35)40-28-30(29-41-33(37)34-24-25-39-27-26-38-3)42-32(36)23-21-19-17-15-13-11-9-7-5-2/h30H,4-29H2,1-3H3,(H,34,37). The van der Waals surface area contributed by atoms with Gasteiger partial charge >= 0.3 is 18.0 Å². The van der Waals surface area contributed by atoms with E-state index in [0.29, 0.717) is 32.7 Å². The molecule has 0 rings (SSSR count). The Hall–Kier alpha value is -1.87. The summed E-state index contributed by atoms with van der Waals surface area (Å²) in [7, 11) is 1.59. The monoisotopic (exact) mass is 601 g/mol. The summed E-state index contributed by atoms with van der Waals surface area (Å²) in [6.07, 6.45) is 20.1. The van der Waals surface area contributed by atoms with Crippen LogP contribution < -0.4 is 5.32 Å². The first kappa shape index (κ1) is 40.1. The summed E-state index contributed by atoms with van der Waals surface area (Å²) >= 11 is 0. The lowest BCUT2D eigenvalue weighted by Gasteiger charge is -2.18. The predicted octanol–water partition coefficient (Wildman–Crippen LogP) is 7.67. The third kappa shape index (κ3) is 29.6. The summed E-state index contributed by atoms with van der Waals surface area (Å²) in [5.74, 6) is -0.691. The number of carbonyl (C=O) groups is 3. The van der Waals surface area contributed by atoms with E-state index >= 15 is 0 Å². The highest BCUT2D eigenvalue weighted by Crippen LogP contribution is 2.13. The Balaban J connectivity index is 4.33. The minimum Gasteiger partial charge on any atom is -0.462 e. The highest BCUT2D eigenvalue weighted by molar-refractivity contribution is 5.70. The molecule has 0 aliphatic carbocycles. The van der Waals surface area contributed by atoms with Crippen molar-refractivity contribution in [2.45, 2.75) is 148 Å². The molecule has 0 saturated carbocycles. The zero-order valence-electron chi connectivity index (χ0n) is 27.2. The maximum atomic E-state index is 12.5. The molecular weight excluding hydrogens is 538 g/mol. The van der Waals surface area contributed by atoms with Crippen LogP contribution in [-0.4, -0.2) is 70.8 Å². The van der Waals surface area contributed by atoms with Crippen LogP contribution in [0.15, 0.2) is 0 Å². The fraction of sp³-hybridized carbons (Fsp3) is 0.909. The van der Waals surface area contributed by atoms with Crippen molar-refractivity contribution >= 4 is 18.0 Å². The van der Waals surface area contributed by atoms with E-state index in [4.69, 9.17) is 23.7 Å². The zero-order chi connectivity index (χ0) is 30.9. The molecule has 0 bridgehead atoms. The van der Waals surface area contributed by atoms with Crippen LogP contribution in [0.3, 0.4) is 0 Å². The molecule has 1 N–H and O–H groups in total. The SMILES string of the molecule is CCCCCCCCCCCC(=O)OCC(COC(=O)NCCOCCOC)OC(=O)CCCCCCCCCCC. The van der Waals surface area contributed by atoms with Crippen LogP contribution in [0.25, 0.3) is 0 Å². The lowest BCUT2D eigenvalue weighted by molar-refractivity contribution is -0.161. The number of alkyl carbamates (subject to hydrolysis) is 1. The van der Waals surface area contributed by atoms with Crippen LogP contribution in [0, 0.1) is 0 Å². The molecule has 1 unspecified atom stereocenters. The Bertz CT molecular complexity index is 631. The maximum Gasteiger partial charge on any atom is 0.407 e. The molecule has 0 heterocycles. The Morgan fingerprint density at radius 1 is 0.571 bits per heavy atom. The molecule has 0 aromatic rings. The number of unbranched alkanes of at least 4 members (excludes halogenated alkanes) is 16. The van der Waals surface area contributed by atoms with Gasteiger partial charge in [0.15, 0.2) is 6.10 Å². The van der Waals surface area contributed by atoms with Crippen molar-refractivity contribution in [2.75, 3.05) is 46.7 Å². The van der Waals surface area contributed by atoms with E-state index in [2.05, 4.69) is 19.2 Å². The quantitative estimate of drug-likeness (QED) is 0.0490. The second-order valence-corrected chi connectivity index (χ2v) is 11.1. The normalized spacial score (nSPS) is 11.7. The molecule has 248 valence electrons. The number of hydrogen-bond donors (Lipinski definition) is 1. The highest BCUT2D eigenvalue weighted by Gasteiger charge is 2.19. The average Bonchev–Trinajstić information content (AvgIpc) is 2.98. The van der Waals surface area contributed by atoms with Gasteiger partial charge in [0.25, 0.3) is 0 Å². The summed E-state index contributed by atoms with van der Waals surface area (Å²) in [6, 6.07) is 0. The summed E-state index contributed by atoms with van der Waals surface area (Å²) < 4.78 is 26.3. The number of esters is 2. The maximum absolute atomic E-state index is 12.5. The molecule has 0 radical (unpaired) electrons. The van der Waals surface area contributed by atoms with E-state index in [1.807, 2.05) is 0 Å². The predicted molar refractivity (Wildman–Crippen MR) is 167 cm³/mol. The Kier molecular flexibility index (Phi) is 30.6. The summed E-state index contributed by atoms with van der Waals surface area (Å²) in [4.78, 5) is 36.8. The highest BCUT2D eigenvalue weighted by atomic mass is 16.6. The molecule has 9 heteroatoms. The molecule has 9 nitrogen and oxygen atoms in total. The minimum atomic E-state index is -0.841. The Labute approximate surface area is 256 Å². The van der Waals surface area contributed by atoms with Crippen LogP contribution in [0.2, 0.25) is 0 Å². The van der Waals surface area contributed by atoms with E-state index in [9.17, 15) is 14.4 Å². The van der Waals surface area contributed by atoms with E-state index in [-0.39, 0.29) is 31.7 Å². The molecular formula is C33H63NO8. The van der Waals surface area contributed by atoms with Gasteiger partial charge in [-0.25, -0.2) is 4.79 Å². The van der Waals surface area contributed by atoms with Gasteiger partial charge in [0, 0.05) is 26.5 Å². The molecule has 0 aromatic heterocycles. The number of ether oxygens (including phenoxy) is 5.